The van der Waals surface area contributed by atoms with E-state index in [-0.39, 0.29) is 12.0 Å². The van der Waals surface area contributed by atoms with Gasteiger partial charge in [0.2, 0.25) is 0 Å². The molecule has 0 bridgehead atoms. The van der Waals surface area contributed by atoms with Gasteiger partial charge in [-0.3, -0.25) is 9.69 Å². The van der Waals surface area contributed by atoms with Gasteiger partial charge in [0.1, 0.15) is 17.9 Å². The Morgan fingerprint density at radius 1 is 1.61 bits per heavy atom. The van der Waals surface area contributed by atoms with Crippen LogP contribution in [0.25, 0.3) is 0 Å². The summed E-state index contributed by atoms with van der Waals surface area (Å²) in [5.74, 6) is -0.128. The molecule has 5 heteroatoms. The van der Waals surface area contributed by atoms with Crippen molar-refractivity contribution >= 4 is 5.97 Å². The van der Waals surface area contributed by atoms with Gasteiger partial charge in [-0.25, -0.2) is 0 Å². The molecule has 1 fully saturated rings. The molecule has 1 atom stereocenters. The van der Waals surface area contributed by atoms with Crippen LogP contribution in [0.15, 0.2) is 17.0 Å². The van der Waals surface area contributed by atoms with E-state index in [0.717, 1.165) is 24.9 Å². The molecule has 0 spiro atoms. The second kappa shape index (κ2) is 5.10. The molecule has 1 aliphatic rings. The van der Waals surface area contributed by atoms with Gasteiger partial charge in [-0.1, -0.05) is 5.16 Å². The molecule has 1 aromatic rings. The highest BCUT2D eigenvalue weighted by molar-refractivity contribution is 5.76. The largest absolute Gasteiger partial charge is 0.459 e. The number of hydrogen-bond acceptors (Lipinski definition) is 5. The van der Waals surface area contributed by atoms with Gasteiger partial charge in [0.05, 0.1) is 6.20 Å². The summed E-state index contributed by atoms with van der Waals surface area (Å²) in [6.07, 6.45) is 5.18. The minimum Gasteiger partial charge on any atom is -0.459 e. The van der Waals surface area contributed by atoms with Gasteiger partial charge in [0, 0.05) is 12.1 Å². The standard InChI is InChI=1S/C13H20N2O3/c1-13(2,3)18-12(16)11-5-4-6-15(11)8-10-7-14-17-9-10/h7,9,11H,4-6,8H2,1-3H3/t11-/m1/s1. The van der Waals surface area contributed by atoms with Crippen molar-refractivity contribution in [1.82, 2.24) is 10.1 Å². The predicted octanol–water partition coefficient (Wildman–Crippen LogP) is 1.98. The predicted molar refractivity (Wildman–Crippen MR) is 65.8 cm³/mol. The van der Waals surface area contributed by atoms with Gasteiger partial charge >= 0.3 is 5.97 Å². The molecule has 1 aromatic heterocycles. The first-order valence-corrected chi connectivity index (χ1v) is 6.31. The quantitative estimate of drug-likeness (QED) is 0.770. The highest BCUT2D eigenvalue weighted by atomic mass is 16.6. The maximum absolute atomic E-state index is 12.1. The molecule has 18 heavy (non-hydrogen) atoms. The van der Waals surface area contributed by atoms with Crippen molar-refractivity contribution in [3.63, 3.8) is 0 Å². The van der Waals surface area contributed by atoms with Gasteiger partial charge < -0.3 is 9.26 Å². The SMILES string of the molecule is CC(C)(C)OC(=O)[C@H]1CCCN1Cc1cnoc1. The number of likely N-dealkylation sites (tertiary alicyclic amines) is 1. The Labute approximate surface area is 107 Å². The first kappa shape index (κ1) is 13.1. The van der Waals surface area contributed by atoms with E-state index in [0.29, 0.717) is 6.54 Å². The lowest BCUT2D eigenvalue weighted by atomic mass is 10.1. The molecular formula is C13H20N2O3. The van der Waals surface area contributed by atoms with Crippen LogP contribution in [0.2, 0.25) is 0 Å². The van der Waals surface area contributed by atoms with E-state index in [2.05, 4.69) is 10.1 Å². The summed E-state index contributed by atoms with van der Waals surface area (Å²) in [5.41, 5.74) is 0.563. The average Bonchev–Trinajstić information content (AvgIpc) is 2.86. The summed E-state index contributed by atoms with van der Waals surface area (Å²) in [6.45, 7) is 7.28. The van der Waals surface area contributed by atoms with Crippen LogP contribution in [0, 0.1) is 0 Å². The Bertz CT molecular complexity index is 395. The second-order valence-corrected chi connectivity index (χ2v) is 5.69. The molecule has 1 aliphatic heterocycles. The number of nitrogens with zero attached hydrogens (tertiary/aromatic N) is 2. The van der Waals surface area contributed by atoms with Crippen LogP contribution in [0.3, 0.4) is 0 Å². The van der Waals surface area contributed by atoms with Crippen LogP contribution < -0.4 is 0 Å². The third-order valence-corrected chi connectivity index (χ3v) is 2.91. The Morgan fingerprint density at radius 3 is 3.00 bits per heavy atom. The summed E-state index contributed by atoms with van der Waals surface area (Å²) in [5, 5.41) is 3.68. The number of aromatic nitrogens is 1. The van der Waals surface area contributed by atoms with Crippen LogP contribution in [0.4, 0.5) is 0 Å². The number of esters is 1. The summed E-state index contributed by atoms with van der Waals surface area (Å²) in [6, 6.07) is -0.140. The van der Waals surface area contributed by atoms with Gasteiger partial charge in [-0.2, -0.15) is 0 Å². The summed E-state index contributed by atoms with van der Waals surface area (Å²) in [4.78, 5) is 14.2. The fourth-order valence-corrected chi connectivity index (χ4v) is 2.19. The number of ether oxygens (including phenoxy) is 1. The Kier molecular flexibility index (Phi) is 3.71. The van der Waals surface area contributed by atoms with Crippen molar-refractivity contribution in [2.75, 3.05) is 6.54 Å². The molecule has 0 unspecified atom stereocenters. The Hall–Kier alpha value is -1.36. The lowest BCUT2D eigenvalue weighted by Crippen LogP contribution is -2.40. The summed E-state index contributed by atoms with van der Waals surface area (Å²) < 4.78 is 10.3. The molecule has 5 nitrogen and oxygen atoms in total. The van der Waals surface area contributed by atoms with Crippen molar-refractivity contribution in [3.8, 4) is 0 Å². The molecule has 0 aromatic carbocycles. The minimum atomic E-state index is -0.428. The van der Waals surface area contributed by atoms with Crippen LogP contribution in [-0.4, -0.2) is 34.2 Å². The zero-order valence-electron chi connectivity index (χ0n) is 11.2. The zero-order valence-corrected chi connectivity index (χ0v) is 11.2. The zero-order chi connectivity index (χ0) is 13.2. The third-order valence-electron chi connectivity index (χ3n) is 2.91. The monoisotopic (exact) mass is 252 g/mol. The van der Waals surface area contributed by atoms with Crippen molar-refractivity contribution < 1.29 is 14.1 Å². The minimum absolute atomic E-state index is 0.128. The van der Waals surface area contributed by atoms with Gasteiger partial charge in [-0.05, 0) is 40.2 Å². The molecule has 2 rings (SSSR count). The van der Waals surface area contributed by atoms with Crippen LogP contribution in [-0.2, 0) is 16.1 Å². The molecule has 0 amide bonds. The Balaban J connectivity index is 1.97. The fraction of sp³-hybridized carbons (Fsp3) is 0.692. The van der Waals surface area contributed by atoms with Crippen molar-refractivity contribution in [1.29, 1.82) is 0 Å². The van der Waals surface area contributed by atoms with E-state index in [9.17, 15) is 4.79 Å². The maximum atomic E-state index is 12.1. The lowest BCUT2D eigenvalue weighted by molar-refractivity contribution is -0.160. The van der Waals surface area contributed by atoms with Crippen molar-refractivity contribution in [2.45, 2.75) is 51.8 Å². The molecule has 0 saturated carbocycles. The van der Waals surface area contributed by atoms with E-state index >= 15 is 0 Å². The van der Waals surface area contributed by atoms with Crippen LogP contribution in [0.5, 0.6) is 0 Å². The van der Waals surface area contributed by atoms with Gasteiger partial charge in [0.25, 0.3) is 0 Å². The normalized spacial score (nSPS) is 21.2. The molecule has 2 heterocycles. The van der Waals surface area contributed by atoms with Gasteiger partial charge in [-0.15, -0.1) is 0 Å². The van der Waals surface area contributed by atoms with Crippen molar-refractivity contribution in [2.24, 2.45) is 0 Å². The number of rotatable bonds is 3. The second-order valence-electron chi connectivity index (χ2n) is 5.69. The molecule has 100 valence electrons. The van der Waals surface area contributed by atoms with Gasteiger partial charge in [0.15, 0.2) is 0 Å². The average molecular weight is 252 g/mol. The van der Waals surface area contributed by atoms with Crippen LogP contribution in [0.1, 0.15) is 39.2 Å². The van der Waals surface area contributed by atoms with E-state index in [1.54, 1.807) is 12.5 Å². The molecule has 1 saturated heterocycles. The third kappa shape index (κ3) is 3.32. The highest BCUT2D eigenvalue weighted by Crippen LogP contribution is 2.22. The number of hydrogen-bond donors (Lipinski definition) is 0. The first-order valence-electron chi connectivity index (χ1n) is 6.31. The molecule has 0 N–H and O–H groups in total. The van der Waals surface area contributed by atoms with E-state index in [4.69, 9.17) is 9.26 Å². The summed E-state index contributed by atoms with van der Waals surface area (Å²) >= 11 is 0. The first-order chi connectivity index (χ1) is 8.46. The smallest absolute Gasteiger partial charge is 0.323 e. The number of carbonyl (C=O) groups excluding carboxylic acids is 1. The van der Waals surface area contributed by atoms with E-state index in [1.807, 2.05) is 20.8 Å². The lowest BCUT2D eigenvalue weighted by Gasteiger charge is -2.26. The molecule has 0 radical (unpaired) electrons. The number of carbonyl (C=O) groups is 1. The maximum Gasteiger partial charge on any atom is 0.323 e. The Morgan fingerprint density at radius 2 is 2.39 bits per heavy atom. The molecular weight excluding hydrogens is 232 g/mol. The van der Waals surface area contributed by atoms with Crippen molar-refractivity contribution in [3.05, 3.63) is 18.0 Å². The topological polar surface area (TPSA) is 55.6 Å². The molecule has 0 aliphatic carbocycles. The van der Waals surface area contributed by atoms with E-state index < -0.39 is 5.60 Å². The highest BCUT2D eigenvalue weighted by Gasteiger charge is 2.34. The fourth-order valence-electron chi connectivity index (χ4n) is 2.19. The van der Waals surface area contributed by atoms with Crippen LogP contribution >= 0.6 is 0 Å². The van der Waals surface area contributed by atoms with E-state index in [1.165, 1.54) is 0 Å². The summed E-state index contributed by atoms with van der Waals surface area (Å²) in [7, 11) is 0.